The van der Waals surface area contributed by atoms with E-state index < -0.39 is 5.41 Å². The standard InChI is InChI=1S/C59H36O/c1-2-16-36-33-52-49(31-35(36)15-1)58-42-21-4-3-17-38(42)48(34-53(58)59(52)50-26-12-9-18-39(50)40-19-10-13-27-51(40)59)57-45-24-7-5-22-43(45)56(44-23-6-8-25-46(44)57)37-29-30-55-47(32-37)41-20-11-14-28-54(41)60-55/h1-13,15-27,29-34H,14,28H2. The Morgan fingerprint density at radius 2 is 0.950 bits per heavy atom. The van der Waals surface area contributed by atoms with Crippen LogP contribution < -0.4 is 0 Å². The van der Waals surface area contributed by atoms with Gasteiger partial charge in [-0.2, -0.15) is 0 Å². The molecule has 0 saturated carbocycles. The first-order valence-corrected chi connectivity index (χ1v) is 21.2. The fourth-order valence-corrected chi connectivity index (χ4v) is 11.7. The van der Waals surface area contributed by atoms with Gasteiger partial charge in [0.05, 0.1) is 5.41 Å². The molecule has 0 fully saturated rings. The number of hydrogen-bond donors (Lipinski definition) is 0. The van der Waals surface area contributed by atoms with Gasteiger partial charge in [-0.05, 0) is 147 Å². The van der Waals surface area contributed by atoms with Crippen LogP contribution in [0.1, 0.15) is 40.0 Å². The molecule has 1 nitrogen and oxygen atoms in total. The van der Waals surface area contributed by atoms with Crippen molar-refractivity contribution >= 4 is 60.1 Å². The smallest absolute Gasteiger partial charge is 0.134 e. The number of rotatable bonds is 2. The summed E-state index contributed by atoms with van der Waals surface area (Å²) in [6.45, 7) is 0. The fourth-order valence-electron chi connectivity index (χ4n) is 11.7. The van der Waals surface area contributed by atoms with Gasteiger partial charge in [0.1, 0.15) is 11.3 Å². The second kappa shape index (κ2) is 11.8. The van der Waals surface area contributed by atoms with E-state index in [-0.39, 0.29) is 0 Å². The van der Waals surface area contributed by atoms with Crippen molar-refractivity contribution in [2.24, 2.45) is 0 Å². The van der Waals surface area contributed by atoms with E-state index in [1.807, 2.05) is 0 Å². The van der Waals surface area contributed by atoms with Crippen LogP contribution in [-0.2, 0) is 11.8 Å². The molecule has 0 saturated heterocycles. The zero-order valence-electron chi connectivity index (χ0n) is 32.8. The number of furan rings is 1. The molecule has 1 heterocycles. The maximum atomic E-state index is 6.39. The number of hydrogen-bond acceptors (Lipinski definition) is 1. The summed E-state index contributed by atoms with van der Waals surface area (Å²) in [4.78, 5) is 0. The Balaban J connectivity index is 1.13. The molecule has 60 heavy (non-hydrogen) atoms. The van der Waals surface area contributed by atoms with Crippen molar-refractivity contribution in [1.82, 2.24) is 0 Å². The van der Waals surface area contributed by atoms with Crippen LogP contribution in [0.15, 0.2) is 192 Å². The number of aryl methyl sites for hydroxylation is 1. The molecular formula is C59H36O. The van der Waals surface area contributed by atoms with E-state index in [1.54, 1.807) is 0 Å². The molecule has 14 rings (SSSR count). The minimum absolute atomic E-state index is 0.486. The van der Waals surface area contributed by atoms with E-state index in [4.69, 9.17) is 4.42 Å². The molecule has 11 aromatic rings. The van der Waals surface area contributed by atoms with Gasteiger partial charge in [-0.15, -0.1) is 0 Å². The highest BCUT2D eigenvalue weighted by Crippen LogP contribution is 2.65. The van der Waals surface area contributed by atoms with E-state index in [1.165, 1.54) is 121 Å². The average molecular weight is 761 g/mol. The van der Waals surface area contributed by atoms with Crippen molar-refractivity contribution in [2.45, 2.75) is 18.3 Å². The summed E-state index contributed by atoms with van der Waals surface area (Å²) in [5.74, 6) is 1.10. The molecular weight excluding hydrogens is 725 g/mol. The largest absolute Gasteiger partial charge is 0.460 e. The number of benzene rings is 10. The van der Waals surface area contributed by atoms with Gasteiger partial charge in [0.15, 0.2) is 0 Å². The normalized spacial score (nSPS) is 14.3. The van der Waals surface area contributed by atoms with Gasteiger partial charge < -0.3 is 4.42 Å². The van der Waals surface area contributed by atoms with Crippen LogP contribution in [0.3, 0.4) is 0 Å². The summed E-state index contributed by atoms with van der Waals surface area (Å²) in [6.07, 6.45) is 6.50. The van der Waals surface area contributed by atoms with Crippen molar-refractivity contribution in [3.63, 3.8) is 0 Å². The maximum Gasteiger partial charge on any atom is 0.134 e. The summed E-state index contributed by atoms with van der Waals surface area (Å²) in [5.41, 5.74) is 17.5. The third kappa shape index (κ3) is 4.07. The highest BCUT2D eigenvalue weighted by molar-refractivity contribution is 6.25. The Labute approximate surface area is 347 Å². The van der Waals surface area contributed by atoms with Gasteiger partial charge in [0, 0.05) is 17.4 Å². The van der Waals surface area contributed by atoms with E-state index in [9.17, 15) is 0 Å². The second-order valence-electron chi connectivity index (χ2n) is 16.9. The van der Waals surface area contributed by atoms with Crippen molar-refractivity contribution in [3.05, 3.63) is 222 Å². The molecule has 0 bridgehead atoms. The lowest BCUT2D eigenvalue weighted by atomic mass is 9.69. The van der Waals surface area contributed by atoms with Crippen LogP contribution in [0, 0.1) is 0 Å². The summed E-state index contributed by atoms with van der Waals surface area (Å²) >= 11 is 0. The minimum atomic E-state index is -0.486. The van der Waals surface area contributed by atoms with Crippen LogP contribution >= 0.6 is 0 Å². The highest BCUT2D eigenvalue weighted by Gasteiger charge is 2.52. The Morgan fingerprint density at radius 1 is 0.383 bits per heavy atom. The van der Waals surface area contributed by atoms with E-state index in [0.29, 0.717) is 0 Å². The summed E-state index contributed by atoms with van der Waals surface area (Å²) < 4.78 is 6.39. The fraction of sp³-hybridized carbons (Fsp3) is 0.0508. The van der Waals surface area contributed by atoms with Gasteiger partial charge >= 0.3 is 0 Å². The molecule has 3 aliphatic rings. The lowest BCUT2D eigenvalue weighted by molar-refractivity contribution is 0.546. The highest BCUT2D eigenvalue weighted by atomic mass is 16.3. The lowest BCUT2D eigenvalue weighted by Gasteiger charge is -2.31. The van der Waals surface area contributed by atoms with Crippen molar-refractivity contribution in [2.75, 3.05) is 0 Å². The predicted molar refractivity (Wildman–Crippen MR) is 251 cm³/mol. The molecule has 278 valence electrons. The van der Waals surface area contributed by atoms with Crippen LogP contribution in [0.5, 0.6) is 0 Å². The van der Waals surface area contributed by atoms with E-state index in [2.05, 4.69) is 194 Å². The molecule has 0 aliphatic heterocycles. The van der Waals surface area contributed by atoms with Crippen molar-refractivity contribution in [3.8, 4) is 44.5 Å². The van der Waals surface area contributed by atoms with Crippen LogP contribution in [0.25, 0.3) is 105 Å². The Kier molecular flexibility index (Phi) is 6.39. The molecule has 1 aromatic heterocycles. The first-order valence-electron chi connectivity index (χ1n) is 21.2. The van der Waals surface area contributed by atoms with Gasteiger partial charge in [0.2, 0.25) is 0 Å². The SMILES string of the molecule is C1=Cc2c(oc3ccc(-c4c5ccccc5c(-c5cc6c(c7ccccc57)-c5cc7ccccc7cc5C65c6ccccc6-c6ccccc65)c5ccccc45)cc23)CC1. The first-order chi connectivity index (χ1) is 29.8. The molecule has 0 amide bonds. The van der Waals surface area contributed by atoms with Gasteiger partial charge in [-0.3, -0.25) is 0 Å². The van der Waals surface area contributed by atoms with Crippen LogP contribution in [0.2, 0.25) is 0 Å². The zero-order chi connectivity index (χ0) is 39.1. The van der Waals surface area contributed by atoms with Crippen LogP contribution in [-0.4, -0.2) is 0 Å². The zero-order valence-corrected chi connectivity index (χ0v) is 32.8. The monoisotopic (exact) mass is 760 g/mol. The van der Waals surface area contributed by atoms with Gasteiger partial charge in [0.25, 0.3) is 0 Å². The van der Waals surface area contributed by atoms with Crippen molar-refractivity contribution < 1.29 is 4.42 Å². The predicted octanol–water partition coefficient (Wildman–Crippen LogP) is 15.7. The van der Waals surface area contributed by atoms with E-state index in [0.717, 1.165) is 24.2 Å². The van der Waals surface area contributed by atoms with E-state index >= 15 is 0 Å². The first kappa shape index (κ1) is 32.5. The van der Waals surface area contributed by atoms with Crippen LogP contribution in [0.4, 0.5) is 0 Å². The second-order valence-corrected chi connectivity index (χ2v) is 16.9. The lowest BCUT2D eigenvalue weighted by Crippen LogP contribution is -2.26. The van der Waals surface area contributed by atoms with Crippen molar-refractivity contribution in [1.29, 1.82) is 0 Å². The molecule has 10 aromatic carbocycles. The maximum absolute atomic E-state index is 6.39. The molecule has 3 aliphatic carbocycles. The molecule has 0 radical (unpaired) electrons. The van der Waals surface area contributed by atoms with Gasteiger partial charge in [-0.1, -0.05) is 164 Å². The topological polar surface area (TPSA) is 13.1 Å². The molecule has 0 atom stereocenters. The quantitative estimate of drug-likeness (QED) is 0.160. The molecule has 0 N–H and O–H groups in total. The summed E-state index contributed by atoms with van der Waals surface area (Å²) in [6, 6.07) is 69.0. The Bertz CT molecular complexity index is 3620. The number of fused-ring (bicyclic) bond motifs is 18. The third-order valence-electron chi connectivity index (χ3n) is 14.1. The van der Waals surface area contributed by atoms with Gasteiger partial charge in [-0.25, -0.2) is 0 Å². The molecule has 1 spiro atoms. The molecule has 1 heteroatoms. The number of allylic oxidation sites excluding steroid dienone is 1. The summed E-state index contributed by atoms with van der Waals surface area (Å²) in [5, 5.41) is 11.3. The average Bonchev–Trinajstić information content (AvgIpc) is 3.93. The third-order valence-corrected chi connectivity index (χ3v) is 14.1. The summed E-state index contributed by atoms with van der Waals surface area (Å²) in [7, 11) is 0. The Hall–Kier alpha value is -7.48. The minimum Gasteiger partial charge on any atom is -0.460 e. The Morgan fingerprint density at radius 3 is 1.63 bits per heavy atom. The molecule has 0 unspecified atom stereocenters.